The van der Waals surface area contributed by atoms with Crippen LogP contribution in [-0.2, 0) is 11.4 Å². The molecular formula is C30H30F4N2O4. The van der Waals surface area contributed by atoms with Crippen LogP contribution in [0.2, 0.25) is 0 Å². The number of methoxy groups -OCH3 is 1. The number of aliphatic hydroxyl groups is 1. The minimum Gasteiger partial charge on any atom is -0.497 e. The van der Waals surface area contributed by atoms with Crippen molar-refractivity contribution in [3.63, 3.8) is 0 Å². The van der Waals surface area contributed by atoms with Crippen molar-refractivity contribution >= 4 is 16.9 Å². The van der Waals surface area contributed by atoms with E-state index in [1.807, 2.05) is 4.90 Å². The molecule has 1 fully saturated rings. The van der Waals surface area contributed by atoms with E-state index >= 15 is 4.39 Å². The zero-order valence-electron chi connectivity index (χ0n) is 22.0. The molecule has 0 radical (unpaired) electrons. The zero-order valence-corrected chi connectivity index (χ0v) is 22.0. The first-order valence-corrected chi connectivity index (χ1v) is 12.9. The molecular weight excluding hydrogens is 528 g/mol. The maximum absolute atomic E-state index is 15.9. The van der Waals surface area contributed by atoms with Gasteiger partial charge in [-0.25, -0.2) is 17.6 Å². The monoisotopic (exact) mass is 558 g/mol. The van der Waals surface area contributed by atoms with E-state index in [4.69, 9.17) is 4.74 Å². The molecule has 0 amide bonds. The minimum atomic E-state index is -1.46. The SMILES string of the molecule is COc1ccc2ncc(CO)c(C(F)CCC3(CC(=O)O)CCN(CC#Cc4cc(F)cc(F)c4F)CC3)c2c1. The van der Waals surface area contributed by atoms with Crippen LogP contribution in [0.25, 0.3) is 10.9 Å². The first-order chi connectivity index (χ1) is 19.1. The molecule has 0 aliphatic carbocycles. The standard InChI is InChI=1S/C30H30F4N2O4/c1-40-22-4-5-26-23(15-22)28(20(18-37)17-35-26)24(32)6-7-30(16-27(38)39)8-11-36(12-9-30)10-2-3-19-13-21(31)14-25(33)29(19)34/h4-5,13-15,17,24,37H,6-12,16,18H2,1H3,(H,38,39). The van der Waals surface area contributed by atoms with Gasteiger partial charge in [0.2, 0.25) is 0 Å². The lowest BCUT2D eigenvalue weighted by Gasteiger charge is -2.41. The lowest BCUT2D eigenvalue weighted by atomic mass is 9.71. The van der Waals surface area contributed by atoms with E-state index in [2.05, 4.69) is 16.8 Å². The molecule has 0 saturated carbocycles. The third-order valence-corrected chi connectivity index (χ3v) is 7.57. The fourth-order valence-electron chi connectivity index (χ4n) is 5.35. The number of carboxylic acids is 1. The van der Waals surface area contributed by atoms with Gasteiger partial charge in [0, 0.05) is 28.8 Å². The molecule has 10 heteroatoms. The summed E-state index contributed by atoms with van der Waals surface area (Å²) in [5.74, 6) is 1.31. The summed E-state index contributed by atoms with van der Waals surface area (Å²) in [6, 6.07) is 6.40. The molecule has 1 aliphatic rings. The molecule has 0 bridgehead atoms. The number of hydrogen-bond acceptors (Lipinski definition) is 5. The molecule has 1 saturated heterocycles. The number of rotatable bonds is 9. The number of benzene rings is 2. The lowest BCUT2D eigenvalue weighted by molar-refractivity contribution is -0.141. The van der Waals surface area contributed by atoms with Gasteiger partial charge in [-0.1, -0.05) is 11.8 Å². The van der Waals surface area contributed by atoms with Gasteiger partial charge in [0.25, 0.3) is 0 Å². The Morgan fingerprint density at radius 3 is 2.62 bits per heavy atom. The van der Waals surface area contributed by atoms with Crippen LogP contribution in [0.15, 0.2) is 36.5 Å². The molecule has 3 aromatic rings. The van der Waals surface area contributed by atoms with Crippen LogP contribution < -0.4 is 4.74 Å². The highest BCUT2D eigenvalue weighted by Crippen LogP contribution is 2.43. The average Bonchev–Trinajstić information content (AvgIpc) is 2.94. The Morgan fingerprint density at radius 1 is 1.20 bits per heavy atom. The molecule has 1 aliphatic heterocycles. The summed E-state index contributed by atoms with van der Waals surface area (Å²) in [5.41, 5.74) is 0.241. The van der Waals surface area contributed by atoms with Crippen LogP contribution in [0.4, 0.5) is 17.6 Å². The molecule has 2 aromatic carbocycles. The minimum absolute atomic E-state index is 0.0564. The fourth-order valence-corrected chi connectivity index (χ4v) is 5.35. The van der Waals surface area contributed by atoms with Crippen LogP contribution >= 0.6 is 0 Å². The highest BCUT2D eigenvalue weighted by molar-refractivity contribution is 5.85. The molecule has 1 aromatic heterocycles. The van der Waals surface area contributed by atoms with Crippen LogP contribution in [0.1, 0.15) is 55.0 Å². The van der Waals surface area contributed by atoms with Gasteiger partial charge < -0.3 is 14.9 Å². The second-order valence-corrected chi connectivity index (χ2v) is 10.1. The smallest absolute Gasteiger partial charge is 0.303 e. The number of aliphatic hydroxyl groups excluding tert-OH is 1. The van der Waals surface area contributed by atoms with E-state index < -0.39 is 41.6 Å². The summed E-state index contributed by atoms with van der Waals surface area (Å²) in [7, 11) is 1.50. The summed E-state index contributed by atoms with van der Waals surface area (Å²) in [5, 5.41) is 20.0. The van der Waals surface area contributed by atoms with Crippen molar-refractivity contribution in [1.29, 1.82) is 0 Å². The quantitative estimate of drug-likeness (QED) is 0.204. The topological polar surface area (TPSA) is 82.9 Å². The Bertz CT molecular complexity index is 1440. The van der Waals surface area contributed by atoms with Crippen molar-refractivity contribution in [2.75, 3.05) is 26.7 Å². The number of ether oxygens (including phenoxy) is 1. The number of fused-ring (bicyclic) bond motifs is 1. The van der Waals surface area contributed by atoms with E-state index in [9.17, 15) is 28.2 Å². The number of aliphatic carboxylic acids is 1. The lowest BCUT2D eigenvalue weighted by Crippen LogP contribution is -2.41. The van der Waals surface area contributed by atoms with Crippen molar-refractivity contribution in [2.24, 2.45) is 5.41 Å². The predicted octanol–water partition coefficient (Wildman–Crippen LogP) is 5.55. The maximum Gasteiger partial charge on any atom is 0.303 e. The number of halogens is 4. The number of nitrogens with zero attached hydrogens (tertiary/aromatic N) is 2. The normalized spacial score (nSPS) is 15.8. The molecule has 40 heavy (non-hydrogen) atoms. The van der Waals surface area contributed by atoms with Gasteiger partial charge >= 0.3 is 5.97 Å². The second-order valence-electron chi connectivity index (χ2n) is 10.1. The van der Waals surface area contributed by atoms with Gasteiger partial charge in [-0.05, 0) is 68.5 Å². The van der Waals surface area contributed by atoms with Crippen LogP contribution in [0.3, 0.4) is 0 Å². The van der Waals surface area contributed by atoms with Crippen molar-refractivity contribution in [3.05, 3.63) is 70.7 Å². The van der Waals surface area contributed by atoms with Gasteiger partial charge in [-0.15, -0.1) is 0 Å². The maximum atomic E-state index is 15.9. The number of aromatic nitrogens is 1. The molecule has 4 rings (SSSR count). The Balaban J connectivity index is 1.46. The Labute approximate surface area is 229 Å². The summed E-state index contributed by atoms with van der Waals surface area (Å²) in [6.07, 6.45) is 1.20. The van der Waals surface area contributed by atoms with E-state index in [-0.39, 0.29) is 24.9 Å². The second kappa shape index (κ2) is 12.7. The molecule has 1 unspecified atom stereocenters. The van der Waals surface area contributed by atoms with Crippen molar-refractivity contribution in [2.45, 2.75) is 44.9 Å². The van der Waals surface area contributed by atoms with Gasteiger partial charge in [-0.2, -0.15) is 0 Å². The number of hydrogen-bond donors (Lipinski definition) is 2. The number of likely N-dealkylation sites (tertiary alicyclic amines) is 1. The Morgan fingerprint density at radius 2 is 1.95 bits per heavy atom. The van der Waals surface area contributed by atoms with Gasteiger partial charge in [0.05, 0.1) is 37.8 Å². The molecule has 212 valence electrons. The number of carbonyl (C=O) groups is 1. The van der Waals surface area contributed by atoms with Crippen molar-refractivity contribution in [1.82, 2.24) is 9.88 Å². The summed E-state index contributed by atoms with van der Waals surface area (Å²) < 4.78 is 61.8. The van der Waals surface area contributed by atoms with Crippen LogP contribution in [0.5, 0.6) is 5.75 Å². The van der Waals surface area contributed by atoms with Gasteiger partial charge in [0.15, 0.2) is 11.6 Å². The Kier molecular flexibility index (Phi) is 9.28. The zero-order chi connectivity index (χ0) is 28.9. The van der Waals surface area contributed by atoms with E-state index in [0.29, 0.717) is 66.2 Å². The van der Waals surface area contributed by atoms with Crippen LogP contribution in [-0.4, -0.2) is 52.8 Å². The fraction of sp³-hybridized carbons (Fsp3) is 0.400. The number of carboxylic acid groups (broad SMARTS) is 1. The van der Waals surface area contributed by atoms with Gasteiger partial charge in [-0.3, -0.25) is 14.7 Å². The highest BCUT2D eigenvalue weighted by Gasteiger charge is 2.37. The number of piperidine rings is 1. The largest absolute Gasteiger partial charge is 0.497 e. The molecule has 2 heterocycles. The Hall–Kier alpha value is -3.68. The van der Waals surface area contributed by atoms with Gasteiger partial charge in [0.1, 0.15) is 17.7 Å². The first kappa shape index (κ1) is 29.3. The average molecular weight is 559 g/mol. The van der Waals surface area contributed by atoms with E-state index in [1.165, 1.54) is 13.3 Å². The summed E-state index contributed by atoms with van der Waals surface area (Å²) >= 11 is 0. The number of pyridine rings is 1. The highest BCUT2D eigenvalue weighted by atomic mass is 19.2. The molecule has 1 atom stereocenters. The van der Waals surface area contributed by atoms with E-state index in [1.54, 1.807) is 18.2 Å². The third-order valence-electron chi connectivity index (χ3n) is 7.57. The summed E-state index contributed by atoms with van der Waals surface area (Å²) in [6.45, 7) is 0.780. The summed E-state index contributed by atoms with van der Waals surface area (Å²) in [4.78, 5) is 18.0. The first-order valence-electron chi connectivity index (χ1n) is 12.9. The van der Waals surface area contributed by atoms with Crippen LogP contribution in [0, 0.1) is 34.7 Å². The molecule has 0 spiro atoms. The molecule has 2 N–H and O–H groups in total. The molecule has 6 nitrogen and oxygen atoms in total. The predicted molar refractivity (Wildman–Crippen MR) is 141 cm³/mol. The van der Waals surface area contributed by atoms with E-state index in [0.717, 1.165) is 6.07 Å². The third kappa shape index (κ3) is 6.72. The number of alkyl halides is 1. The van der Waals surface area contributed by atoms with Crippen molar-refractivity contribution in [3.8, 4) is 17.6 Å². The van der Waals surface area contributed by atoms with Crippen molar-refractivity contribution < 1.29 is 37.3 Å².